The van der Waals surface area contributed by atoms with Crippen molar-refractivity contribution in [2.75, 3.05) is 18.4 Å². The third-order valence-electron chi connectivity index (χ3n) is 6.00. The Bertz CT molecular complexity index is 851. The highest BCUT2D eigenvalue weighted by Crippen LogP contribution is 2.29. The number of hydrogen-bond donors (Lipinski definition) is 2. The molecule has 1 aliphatic carbocycles. The van der Waals surface area contributed by atoms with Crippen LogP contribution in [0.25, 0.3) is 0 Å². The first-order chi connectivity index (χ1) is 14.1. The number of fused-ring (bicyclic) bond motifs is 1. The van der Waals surface area contributed by atoms with Gasteiger partial charge in [0.2, 0.25) is 5.91 Å². The van der Waals surface area contributed by atoms with Crippen molar-refractivity contribution in [2.24, 2.45) is 11.7 Å². The number of nitrogens with zero attached hydrogens (tertiary/aromatic N) is 1. The van der Waals surface area contributed by atoms with Crippen LogP contribution in [0, 0.1) is 5.92 Å². The monoisotopic (exact) mass is 411 g/mol. The molecule has 154 valence electrons. The number of likely N-dealkylation sites (tertiary alicyclic amines) is 1. The smallest absolute Gasteiger partial charge is 0.265 e. The predicted molar refractivity (Wildman–Crippen MR) is 117 cm³/mol. The fraction of sp³-hybridized carbons (Fsp3) is 0.478. The van der Waals surface area contributed by atoms with Gasteiger partial charge in [0.15, 0.2) is 0 Å². The van der Waals surface area contributed by atoms with Crippen LogP contribution in [0.1, 0.15) is 57.8 Å². The number of amides is 2. The van der Waals surface area contributed by atoms with Crippen molar-refractivity contribution in [2.45, 2.75) is 51.5 Å². The molecule has 1 aliphatic heterocycles. The van der Waals surface area contributed by atoms with Gasteiger partial charge in [-0.25, -0.2) is 0 Å². The molecular weight excluding hydrogens is 382 g/mol. The molecule has 2 aromatic rings. The first-order valence-corrected chi connectivity index (χ1v) is 11.4. The van der Waals surface area contributed by atoms with Gasteiger partial charge in [-0.05, 0) is 74.4 Å². The fourth-order valence-electron chi connectivity index (χ4n) is 4.36. The molecule has 1 saturated heterocycles. The second-order valence-electron chi connectivity index (χ2n) is 8.25. The van der Waals surface area contributed by atoms with E-state index in [4.69, 9.17) is 5.73 Å². The molecule has 0 spiro atoms. The molecule has 1 aromatic heterocycles. The predicted octanol–water partition coefficient (Wildman–Crippen LogP) is 3.97. The molecule has 2 amide bonds. The topological polar surface area (TPSA) is 75.4 Å². The molecule has 1 aromatic carbocycles. The molecule has 1 fully saturated rings. The Balaban J connectivity index is 1.34. The molecule has 4 rings (SSSR count). The van der Waals surface area contributed by atoms with E-state index in [1.54, 1.807) is 11.3 Å². The van der Waals surface area contributed by atoms with Gasteiger partial charge in [-0.2, -0.15) is 0 Å². The summed E-state index contributed by atoms with van der Waals surface area (Å²) >= 11 is 1.65. The lowest BCUT2D eigenvalue weighted by molar-refractivity contribution is -0.123. The number of aryl methyl sites for hydroxylation is 2. The van der Waals surface area contributed by atoms with E-state index in [2.05, 4.69) is 16.3 Å². The van der Waals surface area contributed by atoms with E-state index in [0.717, 1.165) is 55.9 Å². The zero-order valence-corrected chi connectivity index (χ0v) is 17.6. The van der Waals surface area contributed by atoms with Crippen molar-refractivity contribution in [3.8, 4) is 0 Å². The largest absolute Gasteiger partial charge is 0.369 e. The highest BCUT2D eigenvalue weighted by molar-refractivity contribution is 7.14. The Hall–Kier alpha value is -2.18. The number of thiophene rings is 1. The van der Waals surface area contributed by atoms with E-state index in [9.17, 15) is 9.59 Å². The highest BCUT2D eigenvalue weighted by atomic mass is 32.1. The van der Waals surface area contributed by atoms with Gasteiger partial charge in [0, 0.05) is 23.7 Å². The summed E-state index contributed by atoms with van der Waals surface area (Å²) in [7, 11) is 0. The summed E-state index contributed by atoms with van der Waals surface area (Å²) in [5.74, 6) is -0.252. The van der Waals surface area contributed by atoms with E-state index in [1.807, 2.05) is 24.3 Å². The fourth-order valence-corrected chi connectivity index (χ4v) is 5.50. The third kappa shape index (κ3) is 5.06. The SMILES string of the molecule is NC(=O)C1CCCN(Cc2ccc(NC(=O)c3cc4c(s3)CCCCC4)cc2)C1. The summed E-state index contributed by atoms with van der Waals surface area (Å²) in [6.45, 7) is 2.53. The molecule has 1 unspecified atom stereocenters. The highest BCUT2D eigenvalue weighted by Gasteiger charge is 2.23. The van der Waals surface area contributed by atoms with Crippen LogP contribution in [0.15, 0.2) is 30.3 Å². The molecule has 1 atom stereocenters. The zero-order chi connectivity index (χ0) is 20.2. The first kappa shape index (κ1) is 20.1. The van der Waals surface area contributed by atoms with Gasteiger partial charge >= 0.3 is 0 Å². The number of benzene rings is 1. The number of piperidine rings is 1. The van der Waals surface area contributed by atoms with Crippen LogP contribution >= 0.6 is 11.3 Å². The minimum atomic E-state index is -0.196. The van der Waals surface area contributed by atoms with Crippen molar-refractivity contribution in [1.82, 2.24) is 4.90 Å². The van der Waals surface area contributed by atoms with Crippen LogP contribution in [-0.4, -0.2) is 29.8 Å². The molecule has 2 aliphatic rings. The standard InChI is InChI=1S/C23H29N3O2S/c24-22(27)18-6-4-12-26(15-18)14-16-8-10-19(11-9-16)25-23(28)21-13-17-5-2-1-3-7-20(17)29-21/h8-11,13,18H,1-7,12,14-15H2,(H2,24,27)(H,25,28). The summed E-state index contributed by atoms with van der Waals surface area (Å²) in [4.78, 5) is 28.6. The molecule has 3 N–H and O–H groups in total. The van der Waals surface area contributed by atoms with Gasteiger partial charge in [0.25, 0.3) is 5.91 Å². The van der Waals surface area contributed by atoms with Gasteiger partial charge in [0.1, 0.15) is 0 Å². The lowest BCUT2D eigenvalue weighted by Gasteiger charge is -2.31. The van der Waals surface area contributed by atoms with E-state index in [0.29, 0.717) is 0 Å². The Morgan fingerprint density at radius 1 is 1.10 bits per heavy atom. The number of primary amides is 1. The number of carbonyl (C=O) groups is 2. The quantitative estimate of drug-likeness (QED) is 0.731. The maximum Gasteiger partial charge on any atom is 0.265 e. The van der Waals surface area contributed by atoms with Crippen LogP contribution in [-0.2, 0) is 24.2 Å². The van der Waals surface area contributed by atoms with Gasteiger partial charge in [-0.15, -0.1) is 11.3 Å². The third-order valence-corrected chi connectivity index (χ3v) is 7.23. The Labute approximate surface area is 176 Å². The molecular formula is C23H29N3O2S. The van der Waals surface area contributed by atoms with Gasteiger partial charge in [0.05, 0.1) is 10.8 Å². The molecule has 0 saturated carbocycles. The molecule has 29 heavy (non-hydrogen) atoms. The number of rotatable bonds is 5. The van der Waals surface area contributed by atoms with Crippen molar-refractivity contribution in [1.29, 1.82) is 0 Å². The Kier molecular flexibility index (Phi) is 6.31. The second kappa shape index (κ2) is 9.09. The van der Waals surface area contributed by atoms with Crippen LogP contribution in [0.4, 0.5) is 5.69 Å². The van der Waals surface area contributed by atoms with Crippen LogP contribution < -0.4 is 11.1 Å². The van der Waals surface area contributed by atoms with Gasteiger partial charge in [-0.1, -0.05) is 18.6 Å². The number of hydrogen-bond acceptors (Lipinski definition) is 4. The van der Waals surface area contributed by atoms with Gasteiger partial charge < -0.3 is 11.1 Å². The summed E-state index contributed by atoms with van der Waals surface area (Å²) < 4.78 is 0. The van der Waals surface area contributed by atoms with Gasteiger partial charge in [-0.3, -0.25) is 14.5 Å². The summed E-state index contributed by atoms with van der Waals surface area (Å²) in [5, 5.41) is 3.03. The van der Waals surface area contributed by atoms with Crippen LogP contribution in [0.3, 0.4) is 0 Å². The normalized spacial score (nSPS) is 19.9. The number of anilines is 1. The van der Waals surface area contributed by atoms with Crippen molar-refractivity contribution in [3.05, 3.63) is 51.2 Å². The van der Waals surface area contributed by atoms with E-state index in [1.165, 1.54) is 35.3 Å². The molecule has 5 nitrogen and oxygen atoms in total. The van der Waals surface area contributed by atoms with Crippen molar-refractivity contribution < 1.29 is 9.59 Å². The number of nitrogens with one attached hydrogen (secondary N) is 1. The summed E-state index contributed by atoms with van der Waals surface area (Å²) in [6, 6.07) is 10.1. The number of carbonyl (C=O) groups excluding carboxylic acids is 2. The molecule has 2 heterocycles. The minimum absolute atomic E-state index is 0.0175. The summed E-state index contributed by atoms with van der Waals surface area (Å²) in [5.41, 5.74) is 8.83. The molecule has 0 bridgehead atoms. The average Bonchev–Trinajstić information content (AvgIpc) is 3.00. The zero-order valence-electron chi connectivity index (χ0n) is 16.8. The average molecular weight is 412 g/mol. The second-order valence-corrected chi connectivity index (χ2v) is 9.38. The molecule has 0 radical (unpaired) electrons. The Morgan fingerprint density at radius 3 is 2.69 bits per heavy atom. The summed E-state index contributed by atoms with van der Waals surface area (Å²) in [6.07, 6.45) is 7.85. The van der Waals surface area contributed by atoms with Crippen molar-refractivity contribution >= 4 is 28.8 Å². The van der Waals surface area contributed by atoms with E-state index in [-0.39, 0.29) is 17.7 Å². The first-order valence-electron chi connectivity index (χ1n) is 10.6. The minimum Gasteiger partial charge on any atom is -0.369 e. The Morgan fingerprint density at radius 2 is 1.90 bits per heavy atom. The van der Waals surface area contributed by atoms with E-state index >= 15 is 0 Å². The maximum absolute atomic E-state index is 12.7. The van der Waals surface area contributed by atoms with Crippen LogP contribution in [0.2, 0.25) is 0 Å². The van der Waals surface area contributed by atoms with E-state index < -0.39 is 0 Å². The number of nitrogens with two attached hydrogens (primary N) is 1. The van der Waals surface area contributed by atoms with Crippen LogP contribution in [0.5, 0.6) is 0 Å². The lowest BCUT2D eigenvalue weighted by Crippen LogP contribution is -2.40. The molecule has 6 heteroatoms. The maximum atomic E-state index is 12.7. The lowest BCUT2D eigenvalue weighted by atomic mass is 9.97. The van der Waals surface area contributed by atoms with Crippen molar-refractivity contribution in [3.63, 3.8) is 0 Å².